The first kappa shape index (κ1) is 14.3. The molecule has 1 aromatic carbocycles. The van der Waals surface area contributed by atoms with Crippen LogP contribution in [0.5, 0.6) is 5.75 Å². The Kier molecular flexibility index (Phi) is 4.58. The van der Waals surface area contributed by atoms with Gasteiger partial charge in [0, 0.05) is 0 Å². The summed E-state index contributed by atoms with van der Waals surface area (Å²) >= 11 is 0. The first-order chi connectivity index (χ1) is 8.28. The van der Waals surface area contributed by atoms with E-state index in [1.807, 2.05) is 0 Å². The lowest BCUT2D eigenvalue weighted by Gasteiger charge is -2.11. The van der Waals surface area contributed by atoms with Gasteiger partial charge in [-0.3, -0.25) is 4.79 Å². The molecule has 0 fully saturated rings. The van der Waals surface area contributed by atoms with Crippen molar-refractivity contribution in [3.63, 3.8) is 0 Å². The Morgan fingerprint density at radius 2 is 2.11 bits per heavy atom. The number of aliphatic carboxylic acids is 1. The molecule has 100 valence electrons. The molecule has 0 bridgehead atoms. The number of alkyl halides is 3. The van der Waals surface area contributed by atoms with Crippen molar-refractivity contribution in [1.82, 2.24) is 0 Å². The molecule has 1 aromatic rings. The van der Waals surface area contributed by atoms with Crippen molar-refractivity contribution in [1.29, 1.82) is 0 Å². The Hall–Kier alpha value is -1.72. The van der Waals surface area contributed by atoms with E-state index >= 15 is 0 Å². The number of rotatable bonds is 5. The average molecular weight is 262 g/mol. The van der Waals surface area contributed by atoms with Crippen LogP contribution in [-0.4, -0.2) is 23.9 Å². The van der Waals surface area contributed by atoms with Gasteiger partial charge in [-0.1, -0.05) is 19.1 Å². The highest BCUT2D eigenvalue weighted by molar-refractivity contribution is 5.69. The Labute approximate surface area is 102 Å². The molecule has 18 heavy (non-hydrogen) atoms. The van der Waals surface area contributed by atoms with Crippen molar-refractivity contribution in [3.8, 4) is 5.75 Å². The van der Waals surface area contributed by atoms with Crippen molar-refractivity contribution in [2.75, 3.05) is 6.61 Å². The van der Waals surface area contributed by atoms with Gasteiger partial charge < -0.3 is 9.84 Å². The van der Waals surface area contributed by atoms with Crippen molar-refractivity contribution in [2.45, 2.75) is 19.5 Å². The summed E-state index contributed by atoms with van der Waals surface area (Å²) in [5.41, 5.74) is 0.629. The number of carboxylic acids is 1. The number of carboxylic acid groups (broad SMARTS) is 1. The van der Waals surface area contributed by atoms with Crippen LogP contribution in [0.4, 0.5) is 13.2 Å². The maximum absolute atomic E-state index is 12.0. The fourth-order valence-electron chi connectivity index (χ4n) is 1.37. The first-order valence-corrected chi connectivity index (χ1v) is 5.29. The van der Waals surface area contributed by atoms with Gasteiger partial charge in [-0.15, -0.1) is 0 Å². The third kappa shape index (κ3) is 5.07. The lowest BCUT2D eigenvalue weighted by Crippen LogP contribution is -2.19. The van der Waals surface area contributed by atoms with Crippen LogP contribution in [0.15, 0.2) is 24.3 Å². The Bertz CT molecular complexity index is 415. The minimum Gasteiger partial charge on any atom is -0.484 e. The molecule has 3 nitrogen and oxygen atoms in total. The predicted octanol–water partition coefficient (Wildman–Crippen LogP) is 2.89. The molecule has 0 saturated heterocycles. The Balaban J connectivity index is 2.65. The number of halogens is 3. The zero-order valence-electron chi connectivity index (χ0n) is 9.70. The third-order valence-corrected chi connectivity index (χ3v) is 2.26. The van der Waals surface area contributed by atoms with E-state index in [0.29, 0.717) is 5.56 Å². The highest BCUT2D eigenvalue weighted by Crippen LogP contribution is 2.20. The molecule has 0 heterocycles. The smallest absolute Gasteiger partial charge is 0.422 e. The second-order valence-corrected chi connectivity index (χ2v) is 3.99. The van der Waals surface area contributed by atoms with Gasteiger partial charge in [0.2, 0.25) is 0 Å². The number of benzene rings is 1. The van der Waals surface area contributed by atoms with Crippen molar-refractivity contribution in [3.05, 3.63) is 29.8 Å². The van der Waals surface area contributed by atoms with Gasteiger partial charge in [0.05, 0.1) is 5.92 Å². The summed E-state index contributed by atoms with van der Waals surface area (Å²) in [6, 6.07) is 6.02. The molecule has 0 spiro atoms. The monoisotopic (exact) mass is 262 g/mol. The van der Waals surface area contributed by atoms with E-state index in [-0.39, 0.29) is 12.2 Å². The molecule has 6 heteroatoms. The normalized spacial score (nSPS) is 13.1. The SMILES string of the molecule is CC(Cc1cccc(OCC(F)(F)F)c1)C(=O)O. The van der Waals surface area contributed by atoms with Gasteiger partial charge in [0.15, 0.2) is 6.61 Å². The molecule has 1 unspecified atom stereocenters. The maximum atomic E-state index is 12.0. The zero-order chi connectivity index (χ0) is 13.8. The minimum absolute atomic E-state index is 0.0856. The topological polar surface area (TPSA) is 46.5 Å². The van der Waals surface area contributed by atoms with E-state index in [1.54, 1.807) is 6.07 Å². The van der Waals surface area contributed by atoms with E-state index in [0.717, 1.165) is 0 Å². The number of carbonyl (C=O) groups is 1. The van der Waals surface area contributed by atoms with Crippen LogP contribution in [-0.2, 0) is 11.2 Å². The average Bonchev–Trinajstić information content (AvgIpc) is 2.26. The second-order valence-electron chi connectivity index (χ2n) is 3.99. The van der Waals surface area contributed by atoms with Crippen LogP contribution in [0.25, 0.3) is 0 Å². The number of hydrogen-bond acceptors (Lipinski definition) is 2. The molecule has 0 aromatic heterocycles. The Morgan fingerprint density at radius 1 is 1.44 bits per heavy atom. The van der Waals surface area contributed by atoms with Crippen LogP contribution >= 0.6 is 0 Å². The summed E-state index contributed by atoms with van der Waals surface area (Å²) in [4.78, 5) is 10.7. The maximum Gasteiger partial charge on any atom is 0.422 e. The summed E-state index contributed by atoms with van der Waals surface area (Å²) in [5.74, 6) is -1.46. The van der Waals surface area contributed by atoms with Crippen molar-refractivity contribution in [2.24, 2.45) is 5.92 Å². The molecule has 0 saturated carbocycles. The summed E-state index contributed by atoms with van der Waals surface area (Å²) in [7, 11) is 0. The van der Waals surface area contributed by atoms with E-state index in [2.05, 4.69) is 4.74 Å². The van der Waals surface area contributed by atoms with E-state index in [1.165, 1.54) is 25.1 Å². The molecule has 0 aliphatic carbocycles. The van der Waals surface area contributed by atoms with E-state index in [9.17, 15) is 18.0 Å². The quantitative estimate of drug-likeness (QED) is 0.887. The molecule has 0 amide bonds. The van der Waals surface area contributed by atoms with Gasteiger partial charge in [0.1, 0.15) is 5.75 Å². The van der Waals surface area contributed by atoms with Gasteiger partial charge in [-0.25, -0.2) is 0 Å². The van der Waals surface area contributed by atoms with Crippen molar-refractivity contribution >= 4 is 5.97 Å². The standard InChI is InChI=1S/C12H13F3O3/c1-8(11(16)17)5-9-3-2-4-10(6-9)18-7-12(13,14)15/h2-4,6,8H,5,7H2,1H3,(H,16,17). The summed E-state index contributed by atoms with van der Waals surface area (Å²) in [6.07, 6.45) is -4.14. The molecule has 0 aliphatic rings. The summed E-state index contributed by atoms with van der Waals surface area (Å²) < 4.78 is 40.4. The number of ether oxygens (including phenoxy) is 1. The van der Waals surface area contributed by atoms with Gasteiger partial charge in [-0.05, 0) is 24.1 Å². The molecule has 0 aliphatic heterocycles. The van der Waals surface area contributed by atoms with E-state index in [4.69, 9.17) is 5.11 Å². The molecule has 1 rings (SSSR count). The van der Waals surface area contributed by atoms with Crippen molar-refractivity contribution < 1.29 is 27.8 Å². The highest BCUT2D eigenvalue weighted by atomic mass is 19.4. The lowest BCUT2D eigenvalue weighted by atomic mass is 10.0. The Morgan fingerprint density at radius 3 is 2.67 bits per heavy atom. The molecule has 1 atom stereocenters. The largest absolute Gasteiger partial charge is 0.484 e. The van der Waals surface area contributed by atoms with Crippen LogP contribution in [0, 0.1) is 5.92 Å². The fourth-order valence-corrected chi connectivity index (χ4v) is 1.37. The second kappa shape index (κ2) is 5.75. The summed E-state index contributed by atoms with van der Waals surface area (Å²) in [6.45, 7) is 0.177. The predicted molar refractivity (Wildman–Crippen MR) is 58.5 cm³/mol. The van der Waals surface area contributed by atoms with Gasteiger partial charge >= 0.3 is 12.1 Å². The van der Waals surface area contributed by atoms with E-state index < -0.39 is 24.7 Å². The molecule has 0 radical (unpaired) electrons. The van der Waals surface area contributed by atoms with Crippen LogP contribution < -0.4 is 4.74 Å². The summed E-state index contributed by atoms with van der Waals surface area (Å²) in [5, 5.41) is 8.74. The minimum atomic E-state index is -4.38. The first-order valence-electron chi connectivity index (χ1n) is 5.29. The number of hydrogen-bond donors (Lipinski definition) is 1. The molecular formula is C12H13F3O3. The molecule has 1 N–H and O–H groups in total. The molecular weight excluding hydrogens is 249 g/mol. The third-order valence-electron chi connectivity index (χ3n) is 2.26. The van der Waals surface area contributed by atoms with Gasteiger partial charge in [0.25, 0.3) is 0 Å². The van der Waals surface area contributed by atoms with Gasteiger partial charge in [-0.2, -0.15) is 13.2 Å². The lowest BCUT2D eigenvalue weighted by molar-refractivity contribution is -0.153. The van der Waals surface area contributed by atoms with Crippen LogP contribution in [0.3, 0.4) is 0 Å². The fraction of sp³-hybridized carbons (Fsp3) is 0.417. The highest BCUT2D eigenvalue weighted by Gasteiger charge is 2.28. The zero-order valence-corrected chi connectivity index (χ0v) is 9.70. The van der Waals surface area contributed by atoms with Crippen LogP contribution in [0.1, 0.15) is 12.5 Å². The van der Waals surface area contributed by atoms with Crippen LogP contribution in [0.2, 0.25) is 0 Å².